The zero-order chi connectivity index (χ0) is 27.1. The van der Waals surface area contributed by atoms with Gasteiger partial charge in [0, 0.05) is 12.4 Å². The number of pyridine rings is 1. The van der Waals surface area contributed by atoms with Crippen LogP contribution in [0.4, 0.5) is 0 Å². The summed E-state index contributed by atoms with van der Waals surface area (Å²) < 4.78 is 0. The molecule has 0 atom stereocenters. The van der Waals surface area contributed by atoms with Gasteiger partial charge in [0.05, 0.1) is 22.5 Å². The number of nitrogens with zero attached hydrogens (tertiary/aromatic N) is 3. The van der Waals surface area contributed by atoms with E-state index in [1.54, 1.807) is 26.3 Å². The van der Waals surface area contributed by atoms with E-state index < -0.39 is 11.8 Å². The van der Waals surface area contributed by atoms with Crippen molar-refractivity contribution in [1.29, 1.82) is 0 Å². The summed E-state index contributed by atoms with van der Waals surface area (Å²) in [6.07, 6.45) is 15.0. The van der Waals surface area contributed by atoms with Gasteiger partial charge in [-0.25, -0.2) is 10.9 Å². The van der Waals surface area contributed by atoms with Crippen LogP contribution in [0.2, 0.25) is 0 Å². The molecule has 0 bridgehead atoms. The predicted molar refractivity (Wildman–Crippen MR) is 150 cm³/mol. The van der Waals surface area contributed by atoms with E-state index in [1.807, 2.05) is 26.0 Å². The number of hydrogen-bond donors (Lipinski definition) is 2. The third-order valence-electron chi connectivity index (χ3n) is 5.27. The second kappa shape index (κ2) is 16.1. The summed E-state index contributed by atoms with van der Waals surface area (Å²) in [5, 5.41) is 8.00. The molecule has 36 heavy (non-hydrogen) atoms. The van der Waals surface area contributed by atoms with Crippen molar-refractivity contribution in [2.45, 2.75) is 81.1 Å². The molecule has 0 saturated heterocycles. The summed E-state index contributed by atoms with van der Waals surface area (Å²) >= 11 is 0. The third kappa shape index (κ3) is 12.2. The van der Waals surface area contributed by atoms with Crippen LogP contribution >= 0.6 is 0 Å². The molecule has 0 aliphatic heterocycles. The highest BCUT2D eigenvalue weighted by molar-refractivity contribution is 6.01. The van der Waals surface area contributed by atoms with Gasteiger partial charge in [-0.3, -0.25) is 14.6 Å². The molecule has 0 aromatic carbocycles. The van der Waals surface area contributed by atoms with Crippen molar-refractivity contribution < 1.29 is 9.59 Å². The average molecular weight is 492 g/mol. The van der Waals surface area contributed by atoms with E-state index in [-0.39, 0.29) is 11.1 Å². The molecule has 1 aromatic rings. The van der Waals surface area contributed by atoms with Gasteiger partial charge in [0.25, 0.3) is 11.8 Å². The number of aryl methyl sites for hydroxylation is 2. The highest BCUT2D eigenvalue weighted by Gasteiger charge is 2.17. The van der Waals surface area contributed by atoms with Gasteiger partial charge in [0.1, 0.15) is 0 Å². The minimum Gasteiger partial charge on any atom is -0.267 e. The van der Waals surface area contributed by atoms with Crippen molar-refractivity contribution >= 4 is 24.2 Å². The molecule has 0 fully saturated rings. The largest absolute Gasteiger partial charge is 0.273 e. The number of rotatable bonds is 12. The van der Waals surface area contributed by atoms with E-state index in [4.69, 9.17) is 0 Å². The fourth-order valence-corrected chi connectivity index (χ4v) is 3.17. The Morgan fingerprint density at radius 3 is 1.50 bits per heavy atom. The summed E-state index contributed by atoms with van der Waals surface area (Å²) in [5.74, 6) is -0.862. The predicted octanol–water partition coefficient (Wildman–Crippen LogP) is 6.52. The zero-order valence-corrected chi connectivity index (χ0v) is 23.0. The zero-order valence-electron chi connectivity index (χ0n) is 23.0. The number of carbonyl (C=O) groups excluding carboxylic acids is 2. The van der Waals surface area contributed by atoms with Crippen molar-refractivity contribution in [3.63, 3.8) is 0 Å². The Bertz CT molecular complexity index is 1010. The summed E-state index contributed by atoms with van der Waals surface area (Å²) in [5.41, 5.74) is 11.5. The molecule has 0 aliphatic carbocycles. The molecule has 194 valence electrons. The molecular formula is C29H41N5O2. The van der Waals surface area contributed by atoms with Gasteiger partial charge >= 0.3 is 0 Å². The standard InChI is InChI=1S/C29H41N5O2/c1-20(2)11-9-13-22(5)15-17-30-33-28(35)26-19-27(25(8)32-24(26)7)29(36)34-31-18-16-23(6)14-10-12-21(3)4/h11-12,15-19H,9-10,13-14H2,1-8H3,(H,33,35)(H,34,36). The van der Waals surface area contributed by atoms with Crippen molar-refractivity contribution in [1.82, 2.24) is 15.8 Å². The number of amides is 2. The molecule has 0 unspecified atom stereocenters. The summed E-state index contributed by atoms with van der Waals surface area (Å²) in [7, 11) is 0. The number of nitrogens with one attached hydrogen (secondary N) is 2. The molecule has 7 heteroatoms. The van der Waals surface area contributed by atoms with E-state index in [0.29, 0.717) is 11.4 Å². The molecule has 1 aromatic heterocycles. The van der Waals surface area contributed by atoms with Crippen LogP contribution in [0.3, 0.4) is 0 Å². The fraction of sp³-hybridized carbons (Fsp3) is 0.414. The Morgan fingerprint density at radius 1 is 0.750 bits per heavy atom. The minimum absolute atomic E-state index is 0.283. The Hall–Kier alpha value is -3.61. The van der Waals surface area contributed by atoms with Gasteiger partial charge in [0.2, 0.25) is 0 Å². The minimum atomic E-state index is -0.431. The van der Waals surface area contributed by atoms with E-state index in [9.17, 15) is 9.59 Å². The molecule has 2 amide bonds. The number of hydrazone groups is 2. The van der Waals surface area contributed by atoms with Crippen molar-refractivity contribution in [3.8, 4) is 0 Å². The maximum atomic E-state index is 12.6. The normalized spacial score (nSPS) is 12.1. The molecule has 1 rings (SSSR count). The Morgan fingerprint density at radius 2 is 1.14 bits per heavy atom. The summed E-state index contributed by atoms with van der Waals surface area (Å²) in [4.78, 5) is 29.6. The van der Waals surface area contributed by atoms with E-state index in [1.165, 1.54) is 17.2 Å². The second-order valence-corrected chi connectivity index (χ2v) is 9.36. The van der Waals surface area contributed by atoms with Crippen molar-refractivity contribution in [2.75, 3.05) is 0 Å². The lowest BCUT2D eigenvalue weighted by Crippen LogP contribution is -2.23. The van der Waals surface area contributed by atoms with Crippen molar-refractivity contribution in [3.05, 3.63) is 75.2 Å². The SMILES string of the molecule is CC(C)=CCCC(C)=CC=NNC(=O)c1cc(C(=O)NN=CC=C(C)CCC=C(C)C)c(C)nc1C. The lowest BCUT2D eigenvalue weighted by molar-refractivity contribution is 0.0954. The van der Waals surface area contributed by atoms with Gasteiger partial charge in [0.15, 0.2) is 0 Å². The lowest BCUT2D eigenvalue weighted by atomic mass is 10.1. The van der Waals surface area contributed by atoms with Crippen LogP contribution in [0.15, 0.2) is 62.9 Å². The first-order chi connectivity index (χ1) is 17.0. The van der Waals surface area contributed by atoms with Crippen LogP contribution < -0.4 is 10.9 Å². The van der Waals surface area contributed by atoms with Crippen LogP contribution in [0, 0.1) is 13.8 Å². The van der Waals surface area contributed by atoms with E-state index in [0.717, 1.165) is 36.8 Å². The molecular weight excluding hydrogens is 450 g/mol. The number of carbonyl (C=O) groups is 2. The average Bonchev–Trinajstić information content (AvgIpc) is 2.78. The van der Waals surface area contributed by atoms with E-state index in [2.05, 4.69) is 65.9 Å². The van der Waals surface area contributed by atoms with Gasteiger partial charge in [-0.1, -0.05) is 34.4 Å². The first-order valence-electron chi connectivity index (χ1n) is 12.2. The maximum Gasteiger partial charge on any atom is 0.273 e. The second-order valence-electron chi connectivity index (χ2n) is 9.36. The Labute approximate surface area is 216 Å². The van der Waals surface area contributed by atoms with Gasteiger partial charge in [-0.2, -0.15) is 10.2 Å². The monoisotopic (exact) mass is 491 g/mol. The molecule has 7 nitrogen and oxygen atoms in total. The van der Waals surface area contributed by atoms with Crippen LogP contribution in [-0.2, 0) is 0 Å². The first kappa shape index (κ1) is 30.4. The molecule has 0 aliphatic rings. The van der Waals surface area contributed by atoms with E-state index >= 15 is 0 Å². The van der Waals surface area contributed by atoms with Gasteiger partial charge < -0.3 is 0 Å². The van der Waals surface area contributed by atoms with Crippen LogP contribution in [-0.4, -0.2) is 29.2 Å². The van der Waals surface area contributed by atoms with Crippen LogP contribution in [0.1, 0.15) is 99.3 Å². The highest BCUT2D eigenvalue weighted by atomic mass is 16.2. The maximum absolute atomic E-state index is 12.6. The fourth-order valence-electron chi connectivity index (χ4n) is 3.17. The van der Waals surface area contributed by atoms with Gasteiger partial charge in [-0.15, -0.1) is 0 Å². The number of allylic oxidation sites excluding steroid dienone is 8. The smallest absolute Gasteiger partial charge is 0.267 e. The van der Waals surface area contributed by atoms with Crippen molar-refractivity contribution in [2.24, 2.45) is 10.2 Å². The van der Waals surface area contributed by atoms with Crippen LogP contribution in [0.25, 0.3) is 0 Å². The third-order valence-corrected chi connectivity index (χ3v) is 5.27. The Kier molecular flexibility index (Phi) is 13.6. The van der Waals surface area contributed by atoms with Crippen LogP contribution in [0.5, 0.6) is 0 Å². The topological polar surface area (TPSA) is 95.8 Å². The first-order valence-corrected chi connectivity index (χ1v) is 12.2. The molecule has 2 N–H and O–H groups in total. The molecule has 0 spiro atoms. The Balaban J connectivity index is 2.78. The lowest BCUT2D eigenvalue weighted by Gasteiger charge is -2.09. The number of hydrogen-bond acceptors (Lipinski definition) is 5. The highest BCUT2D eigenvalue weighted by Crippen LogP contribution is 2.13. The summed E-state index contributed by atoms with van der Waals surface area (Å²) in [6.45, 7) is 15.8. The quantitative estimate of drug-likeness (QED) is 0.198. The summed E-state index contributed by atoms with van der Waals surface area (Å²) in [6, 6.07) is 1.52. The van der Waals surface area contributed by atoms with Gasteiger partial charge in [-0.05, 0) is 99.3 Å². The molecule has 1 heterocycles. The number of aromatic nitrogens is 1. The molecule has 0 radical (unpaired) electrons. The molecule has 0 saturated carbocycles.